The van der Waals surface area contributed by atoms with Crippen LogP contribution >= 0.6 is 11.6 Å². The van der Waals surface area contributed by atoms with E-state index in [0.29, 0.717) is 0 Å². The first kappa shape index (κ1) is 13.5. The summed E-state index contributed by atoms with van der Waals surface area (Å²) in [4.78, 5) is 0. The minimum Gasteiger partial charge on any atom is -0.492 e. The van der Waals surface area contributed by atoms with E-state index in [1.807, 2.05) is 6.07 Å². The van der Waals surface area contributed by atoms with Gasteiger partial charge in [0, 0.05) is 23.6 Å². The van der Waals surface area contributed by atoms with Gasteiger partial charge in [0.05, 0.1) is 6.61 Å². The monoisotopic (exact) mass is 287 g/mol. The second-order valence-corrected chi connectivity index (χ2v) is 5.39. The Morgan fingerprint density at radius 1 is 1.25 bits per heavy atom. The third-order valence-corrected chi connectivity index (χ3v) is 4.01. The minimum absolute atomic E-state index is 0.782. The van der Waals surface area contributed by atoms with Crippen molar-refractivity contribution < 1.29 is 4.74 Å². The lowest BCUT2D eigenvalue weighted by Gasteiger charge is -2.11. The quantitative estimate of drug-likeness (QED) is 0.916. The van der Waals surface area contributed by atoms with E-state index in [4.69, 9.17) is 16.3 Å². The summed E-state index contributed by atoms with van der Waals surface area (Å²) in [5.41, 5.74) is 4.75. The molecule has 104 valence electrons. The number of ether oxygens (including phenoxy) is 1. The van der Waals surface area contributed by atoms with E-state index < -0.39 is 0 Å². The van der Waals surface area contributed by atoms with Crippen LogP contribution in [0, 0.1) is 0 Å². The lowest BCUT2D eigenvalue weighted by molar-refractivity contribution is 0.358. The number of nitrogens with one attached hydrogen (secondary N) is 1. The molecule has 1 aliphatic heterocycles. The predicted octanol–water partition coefficient (Wildman–Crippen LogP) is 4.05. The molecule has 0 bridgehead atoms. The topological polar surface area (TPSA) is 21.3 Å². The van der Waals surface area contributed by atoms with Crippen molar-refractivity contribution in [1.82, 2.24) is 5.32 Å². The standard InChI is InChI=1S/C17H18ClNO/c1-2-19-11-14-10-13(6-7-16(14)18)15-5-3-4-12-8-9-20-17(12)15/h3-7,10,19H,2,8-9,11H2,1H3. The molecule has 2 aromatic carbocycles. The number of halogens is 1. The Kier molecular flexibility index (Phi) is 3.95. The van der Waals surface area contributed by atoms with Crippen LogP contribution in [0.3, 0.4) is 0 Å². The fourth-order valence-electron chi connectivity index (χ4n) is 2.58. The van der Waals surface area contributed by atoms with Crippen molar-refractivity contribution in [2.24, 2.45) is 0 Å². The number of para-hydroxylation sites is 1. The van der Waals surface area contributed by atoms with Crippen LogP contribution in [-0.4, -0.2) is 13.2 Å². The summed E-state index contributed by atoms with van der Waals surface area (Å²) in [5.74, 6) is 1.03. The molecule has 3 heteroatoms. The fraction of sp³-hybridized carbons (Fsp3) is 0.294. The van der Waals surface area contributed by atoms with Crippen LogP contribution in [0.4, 0.5) is 0 Å². The molecule has 0 radical (unpaired) electrons. The van der Waals surface area contributed by atoms with Crippen molar-refractivity contribution in [3.63, 3.8) is 0 Å². The molecule has 3 rings (SSSR count). The van der Waals surface area contributed by atoms with Crippen LogP contribution in [0.5, 0.6) is 5.75 Å². The highest BCUT2D eigenvalue weighted by Gasteiger charge is 2.17. The van der Waals surface area contributed by atoms with Gasteiger partial charge in [-0.2, -0.15) is 0 Å². The molecule has 20 heavy (non-hydrogen) atoms. The van der Waals surface area contributed by atoms with E-state index in [2.05, 4.69) is 42.6 Å². The second kappa shape index (κ2) is 5.86. The third-order valence-electron chi connectivity index (χ3n) is 3.64. The van der Waals surface area contributed by atoms with Gasteiger partial charge in [0.1, 0.15) is 5.75 Å². The summed E-state index contributed by atoms with van der Waals surface area (Å²) in [6.07, 6.45) is 1.00. The Morgan fingerprint density at radius 2 is 2.15 bits per heavy atom. The van der Waals surface area contributed by atoms with Crippen LogP contribution in [0.2, 0.25) is 5.02 Å². The molecule has 0 fully saturated rings. The normalized spacial score (nSPS) is 13.1. The smallest absolute Gasteiger partial charge is 0.130 e. The Morgan fingerprint density at radius 3 is 3.00 bits per heavy atom. The average Bonchev–Trinajstić information content (AvgIpc) is 2.95. The molecule has 1 N–H and O–H groups in total. The maximum absolute atomic E-state index is 6.27. The summed E-state index contributed by atoms with van der Waals surface area (Å²) in [6.45, 7) is 4.60. The Hall–Kier alpha value is -1.51. The van der Waals surface area contributed by atoms with Crippen LogP contribution in [0.1, 0.15) is 18.1 Å². The zero-order chi connectivity index (χ0) is 13.9. The number of rotatable bonds is 4. The Bertz CT molecular complexity index is 624. The molecule has 0 aliphatic carbocycles. The van der Waals surface area contributed by atoms with Crippen molar-refractivity contribution in [1.29, 1.82) is 0 Å². The van der Waals surface area contributed by atoms with E-state index in [-0.39, 0.29) is 0 Å². The van der Waals surface area contributed by atoms with Gasteiger partial charge in [0.2, 0.25) is 0 Å². The van der Waals surface area contributed by atoms with Gasteiger partial charge in [-0.25, -0.2) is 0 Å². The summed E-state index contributed by atoms with van der Waals surface area (Å²) in [6, 6.07) is 12.5. The molecule has 0 atom stereocenters. The van der Waals surface area contributed by atoms with Crippen molar-refractivity contribution in [3.8, 4) is 16.9 Å². The molecule has 0 spiro atoms. The lowest BCUT2D eigenvalue weighted by atomic mass is 9.99. The van der Waals surface area contributed by atoms with Crippen molar-refractivity contribution in [3.05, 3.63) is 52.5 Å². The number of benzene rings is 2. The van der Waals surface area contributed by atoms with Gasteiger partial charge in [-0.1, -0.05) is 42.8 Å². The van der Waals surface area contributed by atoms with E-state index in [9.17, 15) is 0 Å². The van der Waals surface area contributed by atoms with Crippen molar-refractivity contribution >= 4 is 11.6 Å². The molecule has 0 unspecified atom stereocenters. The summed E-state index contributed by atoms with van der Waals surface area (Å²) in [7, 11) is 0. The number of hydrogen-bond acceptors (Lipinski definition) is 2. The largest absolute Gasteiger partial charge is 0.492 e. The van der Waals surface area contributed by atoms with Crippen LogP contribution in [0.15, 0.2) is 36.4 Å². The number of fused-ring (bicyclic) bond motifs is 1. The zero-order valence-electron chi connectivity index (χ0n) is 11.6. The molecule has 2 nitrogen and oxygen atoms in total. The van der Waals surface area contributed by atoms with Crippen molar-refractivity contribution in [2.45, 2.75) is 19.9 Å². The molecule has 2 aromatic rings. The van der Waals surface area contributed by atoms with Crippen LogP contribution < -0.4 is 10.1 Å². The first-order chi connectivity index (χ1) is 9.79. The summed E-state index contributed by atoms with van der Waals surface area (Å²) < 4.78 is 5.79. The van der Waals surface area contributed by atoms with Gasteiger partial charge in [-0.15, -0.1) is 0 Å². The Labute approximate surface area is 124 Å². The second-order valence-electron chi connectivity index (χ2n) is 4.98. The zero-order valence-corrected chi connectivity index (χ0v) is 12.3. The van der Waals surface area contributed by atoms with Crippen LogP contribution in [-0.2, 0) is 13.0 Å². The first-order valence-corrected chi connectivity index (χ1v) is 7.41. The van der Waals surface area contributed by atoms with E-state index in [1.165, 1.54) is 11.1 Å². The maximum Gasteiger partial charge on any atom is 0.130 e. The maximum atomic E-state index is 6.27. The molecule has 1 heterocycles. The van der Waals surface area contributed by atoms with Gasteiger partial charge >= 0.3 is 0 Å². The van der Waals surface area contributed by atoms with Gasteiger partial charge in [-0.3, -0.25) is 0 Å². The van der Waals surface area contributed by atoms with Gasteiger partial charge in [0.25, 0.3) is 0 Å². The molecular formula is C17H18ClNO. The van der Waals surface area contributed by atoms with Gasteiger partial charge in [0.15, 0.2) is 0 Å². The lowest BCUT2D eigenvalue weighted by Crippen LogP contribution is -2.12. The molecule has 1 aliphatic rings. The SMILES string of the molecule is CCNCc1cc(-c2cccc3c2OCC3)ccc1Cl. The van der Waals surface area contributed by atoms with E-state index in [1.54, 1.807) is 0 Å². The van der Waals surface area contributed by atoms with E-state index >= 15 is 0 Å². The molecule has 0 saturated heterocycles. The minimum atomic E-state index is 0.782. The Balaban J connectivity index is 2.00. The van der Waals surface area contributed by atoms with Crippen molar-refractivity contribution in [2.75, 3.05) is 13.2 Å². The molecular weight excluding hydrogens is 270 g/mol. The predicted molar refractivity (Wildman–Crippen MR) is 83.5 cm³/mol. The van der Waals surface area contributed by atoms with Gasteiger partial charge < -0.3 is 10.1 Å². The summed E-state index contributed by atoms with van der Waals surface area (Å²) in [5, 5.41) is 4.13. The highest BCUT2D eigenvalue weighted by Crippen LogP contribution is 2.37. The highest BCUT2D eigenvalue weighted by molar-refractivity contribution is 6.31. The van der Waals surface area contributed by atoms with Gasteiger partial charge in [-0.05, 0) is 35.4 Å². The first-order valence-electron chi connectivity index (χ1n) is 7.04. The number of hydrogen-bond donors (Lipinski definition) is 1. The fourth-order valence-corrected chi connectivity index (χ4v) is 2.76. The molecule has 0 aromatic heterocycles. The average molecular weight is 288 g/mol. The third kappa shape index (κ3) is 2.54. The van der Waals surface area contributed by atoms with Crippen LogP contribution in [0.25, 0.3) is 11.1 Å². The molecule has 0 amide bonds. The van der Waals surface area contributed by atoms with E-state index in [0.717, 1.165) is 48.0 Å². The summed E-state index contributed by atoms with van der Waals surface area (Å²) >= 11 is 6.27. The highest BCUT2D eigenvalue weighted by atomic mass is 35.5. The molecule has 0 saturated carbocycles.